The fourth-order valence-corrected chi connectivity index (χ4v) is 8.76. The lowest BCUT2D eigenvalue weighted by atomic mass is 9.83. The number of anilines is 1. The number of carboxylic acids is 1. The molecule has 15 unspecified atom stereocenters. The van der Waals surface area contributed by atoms with Crippen molar-refractivity contribution in [1.82, 2.24) is 14.8 Å². The fourth-order valence-electron chi connectivity index (χ4n) is 8.76. The minimum atomic E-state index is -1.76. The molecule has 0 radical (unpaired) electrons. The number of nitrogens with zero attached hydrogens (tertiary/aromatic N) is 3. The van der Waals surface area contributed by atoms with Gasteiger partial charge in [0.05, 0.1) is 35.6 Å². The summed E-state index contributed by atoms with van der Waals surface area (Å²) < 4.78 is 45.1. The first kappa shape index (κ1) is 51.6. The SMILES string of the molecule is C[C@H]1COc2c(N3CCN(C)CC3)c(F)cc3c(=O)c(C(=O)O)cn1c23.NCC[C@@H](O)C(=O)NC1CC(N)C(OC2OC(CN)C(O)C(O)C2O)C(O)C1OC1OC(CO)C(O)C(N)C1O. The summed E-state index contributed by atoms with van der Waals surface area (Å²) >= 11 is 0. The number of aromatic carboxylic acids is 1. The lowest BCUT2D eigenvalue weighted by Crippen LogP contribution is -2.69. The quantitative estimate of drug-likeness (QED) is 0.0940. The molecule has 7 rings (SSSR count). The number of pyridine rings is 1. The van der Waals surface area contributed by atoms with Gasteiger partial charge in [0.2, 0.25) is 11.3 Å². The highest BCUT2D eigenvalue weighted by Gasteiger charge is 2.52. The van der Waals surface area contributed by atoms with E-state index < -0.39 is 128 Å². The maximum atomic E-state index is 15.0. The summed E-state index contributed by atoms with van der Waals surface area (Å²) in [6.07, 6.45) is -18.5. The molecule has 5 heterocycles. The predicted octanol–water partition coefficient (Wildman–Crippen LogP) is -6.88. The van der Waals surface area contributed by atoms with E-state index in [0.717, 1.165) is 19.2 Å². The Morgan fingerprint density at radius 1 is 0.924 bits per heavy atom. The van der Waals surface area contributed by atoms with Gasteiger partial charge < -0.3 is 112 Å². The van der Waals surface area contributed by atoms with Crippen LogP contribution in [0, 0.1) is 5.82 Å². The van der Waals surface area contributed by atoms with Crippen molar-refractivity contribution in [1.29, 1.82) is 0 Å². The van der Waals surface area contributed by atoms with Crippen molar-refractivity contribution in [2.75, 3.05) is 64.4 Å². The van der Waals surface area contributed by atoms with E-state index in [1.54, 1.807) is 4.57 Å². The number of nitrogens with two attached hydrogens (primary N) is 4. The molecular formula is C40H63FN8O17. The highest BCUT2D eigenvalue weighted by atomic mass is 19.1. The van der Waals surface area contributed by atoms with Gasteiger partial charge in [-0.05, 0) is 39.4 Å². The van der Waals surface area contributed by atoms with Gasteiger partial charge in [0, 0.05) is 45.0 Å². The number of aromatic nitrogens is 1. The standard InChI is InChI=1S/C22H43N5O13.C18H20FN3O4/c23-2-1-8(29)20(36)27-7-3-6(25)18(39-22-16(34)15(33)13(31)9(4-24)37-22)17(35)19(7)40-21-14(32)11(26)12(30)10(5-28)38-21;1-10-9-26-17-14-11(16(23)12(18(24)25)8-22(10)14)7-13(19)15(17)21-5-3-20(2)4-6-21/h6-19,21-22,28-35H,1-5,23-26H2,(H,27,36);7-8,10H,3-6,9H2,1-2H3,(H,24,25)/t6?,7?,8-,9?,10?,11?,12?,13?,14?,15?,16?,17?,18?,19?,21?,22?;10-/m10/s1. The van der Waals surface area contributed by atoms with Crippen LogP contribution in [0.1, 0.15) is 36.2 Å². The number of hydrogen-bond acceptors (Lipinski definition) is 22. The first-order chi connectivity index (χ1) is 31.2. The van der Waals surface area contributed by atoms with Crippen LogP contribution in [-0.2, 0) is 23.7 Å². The van der Waals surface area contributed by atoms with Crippen molar-refractivity contribution >= 4 is 28.5 Å². The molecule has 26 heteroatoms. The highest BCUT2D eigenvalue weighted by Crippen LogP contribution is 2.42. The summed E-state index contributed by atoms with van der Waals surface area (Å²) in [5.74, 6) is -2.39. The number of hydrogen-bond donors (Lipinski definition) is 14. The van der Waals surface area contributed by atoms with Crippen molar-refractivity contribution in [3.05, 3.63) is 33.9 Å². The molecule has 372 valence electrons. The Bertz CT molecular complexity index is 2060. The van der Waals surface area contributed by atoms with Crippen LogP contribution < -0.4 is 43.3 Å². The van der Waals surface area contributed by atoms with E-state index in [0.29, 0.717) is 30.0 Å². The van der Waals surface area contributed by atoms with Gasteiger partial charge in [-0.3, -0.25) is 9.59 Å². The number of ether oxygens (including phenoxy) is 5. The molecule has 2 aromatic rings. The van der Waals surface area contributed by atoms with E-state index in [4.69, 9.17) is 46.6 Å². The summed E-state index contributed by atoms with van der Waals surface area (Å²) in [7, 11) is 2.02. The average Bonchev–Trinajstić information content (AvgIpc) is 3.28. The Kier molecular flexibility index (Phi) is 16.9. The number of carboxylic acid groups (broad SMARTS) is 1. The van der Waals surface area contributed by atoms with E-state index >= 15 is 0 Å². The van der Waals surface area contributed by atoms with Crippen LogP contribution in [0.3, 0.4) is 0 Å². The predicted molar refractivity (Wildman–Crippen MR) is 226 cm³/mol. The maximum absolute atomic E-state index is 15.0. The number of nitrogens with one attached hydrogen (secondary N) is 1. The molecule has 66 heavy (non-hydrogen) atoms. The van der Waals surface area contributed by atoms with Crippen LogP contribution >= 0.6 is 0 Å². The lowest BCUT2D eigenvalue weighted by Gasteiger charge is -2.49. The first-order valence-corrected chi connectivity index (χ1v) is 21.7. The Hall–Kier alpha value is -3.78. The number of aliphatic hydroxyl groups is 8. The number of likely N-dealkylation sites (N-methyl/N-ethyl adjacent to an activating group) is 1. The number of piperazine rings is 1. The van der Waals surface area contributed by atoms with Gasteiger partial charge in [-0.2, -0.15) is 0 Å². The average molecular weight is 947 g/mol. The molecule has 1 aromatic carbocycles. The summed E-state index contributed by atoms with van der Waals surface area (Å²) in [5.41, 5.74) is 22.9. The summed E-state index contributed by atoms with van der Waals surface area (Å²) in [6.45, 7) is 4.18. The second-order valence-electron chi connectivity index (χ2n) is 17.3. The number of rotatable bonds is 12. The van der Waals surface area contributed by atoms with E-state index in [9.17, 15) is 64.7 Å². The molecule has 3 saturated heterocycles. The van der Waals surface area contributed by atoms with Crippen LogP contribution in [-0.4, -0.2) is 225 Å². The van der Waals surface area contributed by atoms with Gasteiger partial charge in [-0.25, -0.2) is 9.18 Å². The number of aliphatic hydroxyl groups excluding tert-OH is 8. The highest BCUT2D eigenvalue weighted by molar-refractivity contribution is 5.97. The summed E-state index contributed by atoms with van der Waals surface area (Å²) in [5, 5.41) is 94.2. The molecule has 17 atom stereocenters. The minimum Gasteiger partial charge on any atom is -0.487 e. The molecule has 18 N–H and O–H groups in total. The molecule has 0 bridgehead atoms. The Morgan fingerprint density at radius 2 is 1.56 bits per heavy atom. The molecule has 5 aliphatic rings. The number of benzene rings is 1. The van der Waals surface area contributed by atoms with Crippen LogP contribution in [0.4, 0.5) is 10.1 Å². The van der Waals surface area contributed by atoms with Gasteiger partial charge in [0.1, 0.15) is 85.0 Å². The molecule has 4 fully saturated rings. The van der Waals surface area contributed by atoms with Gasteiger partial charge >= 0.3 is 5.97 Å². The third-order valence-corrected chi connectivity index (χ3v) is 12.7. The first-order valence-electron chi connectivity index (χ1n) is 21.7. The zero-order chi connectivity index (χ0) is 48.5. The van der Waals surface area contributed by atoms with Crippen molar-refractivity contribution < 1.29 is 83.6 Å². The normalized spacial score (nSPS) is 36.5. The second-order valence-corrected chi connectivity index (χ2v) is 17.3. The van der Waals surface area contributed by atoms with Crippen LogP contribution in [0.2, 0.25) is 0 Å². The van der Waals surface area contributed by atoms with Crippen molar-refractivity contribution in [3.63, 3.8) is 0 Å². The molecule has 1 aromatic heterocycles. The summed E-state index contributed by atoms with van der Waals surface area (Å²) in [6, 6.07) is -2.46. The fraction of sp³-hybridized carbons (Fsp3) is 0.725. The van der Waals surface area contributed by atoms with Gasteiger partial charge in [0.25, 0.3) is 0 Å². The molecular weight excluding hydrogens is 883 g/mol. The molecule has 4 aliphatic heterocycles. The zero-order valence-electron chi connectivity index (χ0n) is 36.4. The van der Waals surface area contributed by atoms with Gasteiger partial charge in [0.15, 0.2) is 24.1 Å². The van der Waals surface area contributed by atoms with E-state index in [2.05, 4.69) is 10.2 Å². The third kappa shape index (κ3) is 10.4. The van der Waals surface area contributed by atoms with Crippen molar-refractivity contribution in [2.24, 2.45) is 22.9 Å². The Morgan fingerprint density at radius 3 is 2.18 bits per heavy atom. The van der Waals surface area contributed by atoms with Crippen LogP contribution in [0.5, 0.6) is 5.75 Å². The third-order valence-electron chi connectivity index (χ3n) is 12.7. The number of amides is 1. The second kappa shape index (κ2) is 21.7. The van der Waals surface area contributed by atoms with Gasteiger partial charge in [-0.1, -0.05) is 0 Å². The van der Waals surface area contributed by atoms with E-state index in [-0.39, 0.29) is 49.5 Å². The molecule has 1 amide bonds. The monoisotopic (exact) mass is 946 g/mol. The van der Waals surface area contributed by atoms with Crippen LogP contribution in [0.15, 0.2) is 17.1 Å². The smallest absolute Gasteiger partial charge is 0.341 e. The topological polar surface area (TPSA) is 407 Å². The largest absolute Gasteiger partial charge is 0.487 e. The number of carbonyl (C=O) groups is 2. The van der Waals surface area contributed by atoms with Crippen LogP contribution in [0.25, 0.3) is 10.9 Å². The van der Waals surface area contributed by atoms with Crippen molar-refractivity contribution in [3.8, 4) is 5.75 Å². The van der Waals surface area contributed by atoms with Gasteiger partial charge in [-0.15, -0.1) is 0 Å². The lowest BCUT2D eigenvalue weighted by molar-refractivity contribution is -0.332. The molecule has 0 spiro atoms. The van der Waals surface area contributed by atoms with E-state index in [1.165, 1.54) is 6.20 Å². The molecule has 1 aliphatic carbocycles. The maximum Gasteiger partial charge on any atom is 0.341 e. The Labute approximate surface area is 377 Å². The van der Waals surface area contributed by atoms with E-state index in [1.807, 2.05) is 18.9 Å². The minimum absolute atomic E-state index is 0.0101. The Balaban J connectivity index is 0.000000237. The zero-order valence-corrected chi connectivity index (χ0v) is 36.4. The van der Waals surface area contributed by atoms with Crippen molar-refractivity contribution in [2.45, 2.75) is 124 Å². The number of carbonyl (C=O) groups excluding carboxylic acids is 1. The molecule has 1 saturated carbocycles. The summed E-state index contributed by atoms with van der Waals surface area (Å²) in [4.78, 5) is 40.7. The number of halogens is 1. The molecule has 25 nitrogen and oxygen atoms in total.